The molecule has 1 aromatic heterocycles. The average Bonchev–Trinajstić information content (AvgIpc) is 3.24. The van der Waals surface area contributed by atoms with Crippen LogP contribution in [0.3, 0.4) is 0 Å². The third-order valence-electron chi connectivity index (χ3n) is 3.41. The zero-order valence-corrected chi connectivity index (χ0v) is 12.3. The molecule has 0 saturated heterocycles. The van der Waals surface area contributed by atoms with E-state index in [2.05, 4.69) is 10.2 Å². The quantitative estimate of drug-likeness (QED) is 0.858. The summed E-state index contributed by atoms with van der Waals surface area (Å²) in [5.74, 6) is 1.24. The summed E-state index contributed by atoms with van der Waals surface area (Å²) in [7, 11) is 1.60. The highest BCUT2D eigenvalue weighted by Gasteiger charge is 2.19. The Labute approximate surface area is 128 Å². The molecule has 0 radical (unpaired) electrons. The van der Waals surface area contributed by atoms with E-state index in [0.717, 1.165) is 5.69 Å². The monoisotopic (exact) mass is 299 g/mol. The van der Waals surface area contributed by atoms with Crippen molar-refractivity contribution in [1.29, 1.82) is 0 Å². The number of amides is 1. The van der Waals surface area contributed by atoms with Gasteiger partial charge in [0.2, 0.25) is 0 Å². The number of para-hydroxylation sites is 2. The van der Waals surface area contributed by atoms with E-state index in [-0.39, 0.29) is 5.91 Å². The lowest BCUT2D eigenvalue weighted by atomic mass is 10.3. The second kappa shape index (κ2) is 6.34. The van der Waals surface area contributed by atoms with E-state index < -0.39 is 0 Å². The standard InChI is InChI=1S/C16H17N3O3/c1-21-14-6-2-3-7-15(14)22-11-12-10-13(18-17-12)16(20)19-8-4-5-9-19/h2-7,10H,8-9,11H2,1H3,(H,17,18). The number of benzene rings is 1. The summed E-state index contributed by atoms with van der Waals surface area (Å²) in [6, 6.07) is 9.13. The van der Waals surface area contributed by atoms with Crippen molar-refractivity contribution in [2.75, 3.05) is 20.2 Å². The van der Waals surface area contributed by atoms with E-state index in [4.69, 9.17) is 9.47 Å². The molecule has 114 valence electrons. The van der Waals surface area contributed by atoms with Gasteiger partial charge >= 0.3 is 0 Å². The van der Waals surface area contributed by atoms with Crippen LogP contribution in [0.1, 0.15) is 16.2 Å². The van der Waals surface area contributed by atoms with E-state index in [9.17, 15) is 4.79 Å². The van der Waals surface area contributed by atoms with E-state index in [1.165, 1.54) is 0 Å². The van der Waals surface area contributed by atoms with Crippen LogP contribution in [0.2, 0.25) is 0 Å². The van der Waals surface area contributed by atoms with Crippen molar-refractivity contribution < 1.29 is 14.3 Å². The molecule has 2 heterocycles. The van der Waals surface area contributed by atoms with Crippen LogP contribution < -0.4 is 9.47 Å². The fourth-order valence-electron chi connectivity index (χ4n) is 2.24. The molecule has 3 rings (SSSR count). The smallest absolute Gasteiger partial charge is 0.274 e. The molecule has 2 aromatic rings. The molecule has 6 nitrogen and oxygen atoms in total. The molecular weight excluding hydrogens is 282 g/mol. The van der Waals surface area contributed by atoms with Crippen LogP contribution in [0.15, 0.2) is 42.5 Å². The summed E-state index contributed by atoms with van der Waals surface area (Å²) in [6.45, 7) is 1.57. The normalized spacial score (nSPS) is 13.4. The summed E-state index contributed by atoms with van der Waals surface area (Å²) >= 11 is 0. The Hall–Kier alpha value is -2.76. The van der Waals surface area contributed by atoms with Crippen molar-refractivity contribution in [3.05, 3.63) is 53.9 Å². The van der Waals surface area contributed by atoms with Crippen molar-refractivity contribution in [2.24, 2.45) is 0 Å². The van der Waals surface area contributed by atoms with Crippen molar-refractivity contribution in [1.82, 2.24) is 15.1 Å². The average molecular weight is 299 g/mol. The topological polar surface area (TPSA) is 67.5 Å². The second-order valence-electron chi connectivity index (χ2n) is 4.90. The molecule has 1 amide bonds. The van der Waals surface area contributed by atoms with Crippen LogP contribution in [0.4, 0.5) is 0 Å². The molecule has 22 heavy (non-hydrogen) atoms. The fourth-order valence-corrected chi connectivity index (χ4v) is 2.24. The molecular formula is C16H17N3O3. The number of nitrogens with zero attached hydrogens (tertiary/aromatic N) is 2. The Morgan fingerprint density at radius 3 is 2.73 bits per heavy atom. The van der Waals surface area contributed by atoms with E-state index in [1.54, 1.807) is 18.1 Å². The lowest BCUT2D eigenvalue weighted by molar-refractivity contribution is 0.0794. The molecule has 1 aliphatic heterocycles. The molecule has 6 heteroatoms. The van der Waals surface area contributed by atoms with Crippen LogP contribution in [0.25, 0.3) is 0 Å². The van der Waals surface area contributed by atoms with Gasteiger partial charge in [0.1, 0.15) is 6.61 Å². The van der Waals surface area contributed by atoms with Gasteiger partial charge in [-0.2, -0.15) is 5.10 Å². The predicted octanol–water partition coefficient (Wildman–Crippen LogP) is 2.01. The maximum atomic E-state index is 12.2. The van der Waals surface area contributed by atoms with Gasteiger partial charge in [0.15, 0.2) is 17.2 Å². The van der Waals surface area contributed by atoms with Gasteiger partial charge in [-0.15, -0.1) is 0 Å². The minimum atomic E-state index is -0.0789. The van der Waals surface area contributed by atoms with Crippen molar-refractivity contribution >= 4 is 5.91 Å². The highest BCUT2D eigenvalue weighted by molar-refractivity contribution is 5.92. The zero-order chi connectivity index (χ0) is 15.4. The van der Waals surface area contributed by atoms with Crippen LogP contribution in [0, 0.1) is 0 Å². The number of aromatic amines is 1. The number of hydrogen-bond acceptors (Lipinski definition) is 4. The SMILES string of the molecule is COc1ccccc1OCc1cc(C(=O)N2CC=CC2)n[nH]1. The summed E-state index contributed by atoms with van der Waals surface area (Å²) in [6.07, 6.45) is 3.94. The lowest BCUT2D eigenvalue weighted by Crippen LogP contribution is -2.28. The number of hydrogen-bond donors (Lipinski definition) is 1. The Morgan fingerprint density at radius 1 is 1.27 bits per heavy atom. The fraction of sp³-hybridized carbons (Fsp3) is 0.250. The Balaban J connectivity index is 1.63. The third kappa shape index (κ3) is 2.95. The van der Waals surface area contributed by atoms with Crippen molar-refractivity contribution in [3.63, 3.8) is 0 Å². The summed E-state index contributed by atoms with van der Waals surface area (Å²) in [5, 5.41) is 6.89. The summed E-state index contributed by atoms with van der Waals surface area (Å²) in [5.41, 5.74) is 1.14. The number of carbonyl (C=O) groups excluding carboxylic acids is 1. The van der Waals surface area contributed by atoms with Gasteiger partial charge in [-0.1, -0.05) is 24.3 Å². The third-order valence-corrected chi connectivity index (χ3v) is 3.41. The minimum Gasteiger partial charge on any atom is -0.493 e. The highest BCUT2D eigenvalue weighted by Crippen LogP contribution is 2.26. The number of aromatic nitrogens is 2. The first-order valence-corrected chi connectivity index (χ1v) is 7.02. The lowest BCUT2D eigenvalue weighted by Gasteiger charge is -2.12. The van der Waals surface area contributed by atoms with Crippen molar-refractivity contribution in [2.45, 2.75) is 6.61 Å². The molecule has 0 unspecified atom stereocenters. The van der Waals surface area contributed by atoms with Crippen LogP contribution in [0.5, 0.6) is 11.5 Å². The second-order valence-corrected chi connectivity index (χ2v) is 4.90. The first kappa shape index (κ1) is 14.2. The van der Waals surface area contributed by atoms with Gasteiger partial charge in [0.05, 0.1) is 12.8 Å². The van der Waals surface area contributed by atoms with Gasteiger partial charge < -0.3 is 14.4 Å². The number of carbonyl (C=O) groups is 1. The van der Waals surface area contributed by atoms with Gasteiger partial charge in [0, 0.05) is 13.1 Å². The molecule has 1 aromatic carbocycles. The number of methoxy groups -OCH3 is 1. The highest BCUT2D eigenvalue weighted by atomic mass is 16.5. The van der Waals surface area contributed by atoms with Gasteiger partial charge in [-0.05, 0) is 18.2 Å². The molecule has 1 aliphatic rings. The van der Waals surface area contributed by atoms with Crippen LogP contribution >= 0.6 is 0 Å². The van der Waals surface area contributed by atoms with Crippen molar-refractivity contribution in [3.8, 4) is 11.5 Å². The zero-order valence-electron chi connectivity index (χ0n) is 12.3. The van der Waals surface area contributed by atoms with Crippen LogP contribution in [-0.4, -0.2) is 41.2 Å². The molecule has 1 N–H and O–H groups in total. The number of H-pyrrole nitrogens is 1. The summed E-state index contributed by atoms with van der Waals surface area (Å²) in [4.78, 5) is 13.9. The van der Waals surface area contributed by atoms with E-state index >= 15 is 0 Å². The minimum absolute atomic E-state index is 0.0789. The van der Waals surface area contributed by atoms with Crippen LogP contribution in [-0.2, 0) is 6.61 Å². The number of nitrogens with one attached hydrogen (secondary N) is 1. The first-order valence-electron chi connectivity index (χ1n) is 7.02. The molecule has 0 spiro atoms. The van der Waals surface area contributed by atoms with Gasteiger partial charge in [-0.25, -0.2) is 0 Å². The Kier molecular flexibility index (Phi) is 4.09. The predicted molar refractivity (Wildman–Crippen MR) is 81.0 cm³/mol. The first-order chi connectivity index (χ1) is 10.8. The number of ether oxygens (including phenoxy) is 2. The van der Waals surface area contributed by atoms with Gasteiger partial charge in [0.25, 0.3) is 5.91 Å². The summed E-state index contributed by atoms with van der Waals surface area (Å²) < 4.78 is 10.9. The van der Waals surface area contributed by atoms with E-state index in [1.807, 2.05) is 36.4 Å². The molecule has 0 fully saturated rings. The Morgan fingerprint density at radius 2 is 2.00 bits per heavy atom. The maximum Gasteiger partial charge on any atom is 0.274 e. The Bertz CT molecular complexity index is 685. The molecule has 0 bridgehead atoms. The molecule has 0 saturated carbocycles. The van der Waals surface area contributed by atoms with Gasteiger partial charge in [-0.3, -0.25) is 9.89 Å². The largest absolute Gasteiger partial charge is 0.493 e. The molecule has 0 aliphatic carbocycles. The van der Waals surface area contributed by atoms with E-state index in [0.29, 0.717) is 36.9 Å². The maximum absolute atomic E-state index is 12.2. The molecule has 0 atom stereocenters. The number of rotatable bonds is 5.